The standard InChI is InChI=1S/C24H25N7O12S2/c1-24(2,21(38)39)43-29-14(11-8-45-22(25)27-11)17(34)28-15-18(35)31-16(20(36)37)9(7-44-19(15)31)6-42-23(40)26-4-10-3-12(32)13(33)5-30(10)41/h3,5,8,15,19,33,41H,4,6-7H2,1-2H3,(H2,25,27)(H,26,40)(H,28,34)(H,36,37)(H,38,39)/b29-14-/t15-,19-/m1/s1. The molecular formula is C24H25N7O12S2. The van der Waals surface area contributed by atoms with Crippen LogP contribution in [0.5, 0.6) is 5.75 Å². The van der Waals surface area contributed by atoms with E-state index in [1.807, 2.05) is 0 Å². The van der Waals surface area contributed by atoms with E-state index >= 15 is 0 Å². The molecule has 21 heteroatoms. The van der Waals surface area contributed by atoms with Crippen molar-refractivity contribution in [3.05, 3.63) is 50.5 Å². The number of rotatable bonds is 11. The second-order valence-corrected chi connectivity index (χ2v) is 11.8. The number of carboxylic acids is 2. The van der Waals surface area contributed by atoms with Gasteiger partial charge in [0.1, 0.15) is 29.4 Å². The summed E-state index contributed by atoms with van der Waals surface area (Å²) < 4.78 is 5.49. The highest BCUT2D eigenvalue weighted by Crippen LogP contribution is 2.40. The number of amides is 3. The van der Waals surface area contributed by atoms with Crippen molar-refractivity contribution < 1.29 is 54.1 Å². The minimum absolute atomic E-state index is 0.0106. The first-order valence-corrected chi connectivity index (χ1v) is 14.5. The average molecular weight is 668 g/mol. The number of hydrogen-bond donors (Lipinski definition) is 7. The maximum atomic E-state index is 13.2. The van der Waals surface area contributed by atoms with E-state index in [9.17, 15) is 49.3 Å². The molecule has 0 aliphatic carbocycles. The molecule has 240 valence electrons. The third-order valence-corrected chi connectivity index (χ3v) is 8.29. The average Bonchev–Trinajstić information content (AvgIpc) is 3.40. The zero-order chi connectivity index (χ0) is 33.2. The molecule has 8 N–H and O–H groups in total. The van der Waals surface area contributed by atoms with Crippen LogP contribution >= 0.6 is 23.1 Å². The Balaban J connectivity index is 1.43. The van der Waals surface area contributed by atoms with Gasteiger partial charge in [0.2, 0.25) is 11.0 Å². The van der Waals surface area contributed by atoms with Crippen LogP contribution in [0.2, 0.25) is 0 Å². The summed E-state index contributed by atoms with van der Waals surface area (Å²) in [5.74, 6) is -5.34. The first kappa shape index (κ1) is 32.6. The number of nitrogens with zero attached hydrogens (tertiary/aromatic N) is 4. The van der Waals surface area contributed by atoms with Gasteiger partial charge in [-0.2, -0.15) is 4.73 Å². The largest absolute Gasteiger partial charge is 0.503 e. The molecule has 2 aromatic rings. The number of nitrogens with two attached hydrogens (primary N) is 1. The van der Waals surface area contributed by atoms with Crippen molar-refractivity contribution in [2.45, 2.75) is 37.4 Å². The molecular weight excluding hydrogens is 642 g/mol. The molecule has 0 unspecified atom stereocenters. The summed E-state index contributed by atoms with van der Waals surface area (Å²) in [4.78, 5) is 83.5. The van der Waals surface area contributed by atoms with Crippen LogP contribution in [0.1, 0.15) is 25.2 Å². The molecule has 4 rings (SSSR count). The number of β-lactam (4-membered cyclic amide) rings is 1. The number of aromatic nitrogens is 2. The molecule has 2 aromatic heterocycles. The number of thioether (sulfide) groups is 1. The van der Waals surface area contributed by atoms with Crippen LogP contribution in [-0.4, -0.2) is 100 Å². The maximum absolute atomic E-state index is 13.2. The summed E-state index contributed by atoms with van der Waals surface area (Å²) in [5.41, 5.74) is 2.06. The molecule has 45 heavy (non-hydrogen) atoms. The topological polar surface area (TPSA) is 285 Å². The Hall–Kier alpha value is -5.31. The number of pyridine rings is 1. The molecule has 0 aromatic carbocycles. The fourth-order valence-corrected chi connectivity index (χ4v) is 5.73. The Kier molecular flexibility index (Phi) is 9.23. The van der Waals surface area contributed by atoms with Gasteiger partial charge in [0.15, 0.2) is 16.6 Å². The highest BCUT2D eigenvalue weighted by atomic mass is 32.2. The quantitative estimate of drug-likeness (QED) is 0.0660. The van der Waals surface area contributed by atoms with E-state index < -0.39 is 76.1 Å². The number of aromatic hydroxyl groups is 1. The van der Waals surface area contributed by atoms with Crippen LogP contribution in [0.3, 0.4) is 0 Å². The summed E-state index contributed by atoms with van der Waals surface area (Å²) in [6.07, 6.45) is -0.302. The molecule has 4 heterocycles. The van der Waals surface area contributed by atoms with E-state index in [0.29, 0.717) is 4.73 Å². The summed E-state index contributed by atoms with van der Waals surface area (Å²) in [6, 6.07) is -0.327. The molecule has 0 saturated carbocycles. The van der Waals surface area contributed by atoms with E-state index in [4.69, 9.17) is 15.3 Å². The van der Waals surface area contributed by atoms with E-state index in [2.05, 4.69) is 20.8 Å². The van der Waals surface area contributed by atoms with Gasteiger partial charge in [0.25, 0.3) is 11.8 Å². The number of nitrogen functional groups attached to an aromatic ring is 1. The van der Waals surface area contributed by atoms with Crippen molar-refractivity contribution in [3.63, 3.8) is 0 Å². The summed E-state index contributed by atoms with van der Waals surface area (Å²) in [7, 11) is 0. The first-order valence-electron chi connectivity index (χ1n) is 12.6. The number of carbonyl (C=O) groups is 5. The molecule has 2 atom stereocenters. The number of carboxylic acid groups (broad SMARTS) is 2. The Labute approximate surface area is 259 Å². The molecule has 0 spiro atoms. The first-order chi connectivity index (χ1) is 21.1. The lowest BCUT2D eigenvalue weighted by Crippen LogP contribution is -2.71. The van der Waals surface area contributed by atoms with E-state index in [1.54, 1.807) is 0 Å². The minimum atomic E-state index is -1.82. The Morgan fingerprint density at radius 2 is 1.96 bits per heavy atom. The van der Waals surface area contributed by atoms with Gasteiger partial charge in [-0.15, -0.1) is 23.1 Å². The van der Waals surface area contributed by atoms with Gasteiger partial charge < -0.3 is 46.5 Å². The van der Waals surface area contributed by atoms with Gasteiger partial charge in [-0.05, 0) is 13.8 Å². The molecule has 1 fully saturated rings. The molecule has 0 bridgehead atoms. The SMILES string of the molecule is CC(C)(O/N=C(\C(=O)N[C@@H]1C(=O)N2C(C(=O)O)=C(COC(=O)NCc3cc(=O)c(O)cn3O)CS[C@H]12)c1csc(N)n1)C(=O)O. The molecule has 2 aliphatic heterocycles. The summed E-state index contributed by atoms with van der Waals surface area (Å²) in [5, 5.41) is 47.2. The predicted octanol–water partition coefficient (Wildman–Crippen LogP) is -0.921. The van der Waals surface area contributed by atoms with Gasteiger partial charge in [-0.1, -0.05) is 5.16 Å². The van der Waals surface area contributed by atoms with Crippen LogP contribution in [0.4, 0.5) is 9.93 Å². The number of oxime groups is 1. The van der Waals surface area contributed by atoms with Crippen molar-refractivity contribution >= 4 is 63.8 Å². The third kappa shape index (κ3) is 6.93. The van der Waals surface area contributed by atoms with Crippen LogP contribution in [0.25, 0.3) is 0 Å². The van der Waals surface area contributed by atoms with E-state index in [1.165, 1.54) is 19.2 Å². The lowest BCUT2D eigenvalue weighted by Gasteiger charge is -2.49. The van der Waals surface area contributed by atoms with Gasteiger partial charge in [-0.25, -0.2) is 19.4 Å². The summed E-state index contributed by atoms with van der Waals surface area (Å²) in [6.45, 7) is 1.48. The zero-order valence-corrected chi connectivity index (χ0v) is 24.9. The molecule has 3 amide bonds. The molecule has 1 saturated heterocycles. The number of hydrogen-bond acceptors (Lipinski definition) is 15. The van der Waals surface area contributed by atoms with E-state index in [-0.39, 0.29) is 34.4 Å². The third-order valence-electron chi connectivity index (χ3n) is 6.28. The smallest absolute Gasteiger partial charge is 0.407 e. The minimum Gasteiger partial charge on any atom is -0.503 e. The van der Waals surface area contributed by atoms with Crippen molar-refractivity contribution in [1.29, 1.82) is 0 Å². The number of anilines is 1. The second kappa shape index (κ2) is 12.7. The van der Waals surface area contributed by atoms with Crippen molar-refractivity contribution in [2.75, 3.05) is 18.1 Å². The number of nitrogens with one attached hydrogen (secondary N) is 2. The van der Waals surface area contributed by atoms with Crippen molar-refractivity contribution in [2.24, 2.45) is 5.16 Å². The Morgan fingerprint density at radius 1 is 1.24 bits per heavy atom. The van der Waals surface area contributed by atoms with Crippen LogP contribution < -0.4 is 21.8 Å². The Morgan fingerprint density at radius 3 is 2.58 bits per heavy atom. The van der Waals surface area contributed by atoms with Gasteiger partial charge in [0.05, 0.1) is 18.4 Å². The van der Waals surface area contributed by atoms with Crippen LogP contribution in [0.15, 0.2) is 38.9 Å². The molecule has 0 radical (unpaired) electrons. The van der Waals surface area contributed by atoms with E-state index in [0.717, 1.165) is 40.3 Å². The predicted molar refractivity (Wildman–Crippen MR) is 153 cm³/mol. The second-order valence-electron chi connectivity index (χ2n) is 9.82. The number of alkyl carbamates (subject to hydrolysis) is 1. The number of thiazole rings is 1. The van der Waals surface area contributed by atoms with Gasteiger partial charge in [0, 0.05) is 22.8 Å². The number of carbonyl (C=O) groups excluding carboxylic acids is 3. The fourth-order valence-electron chi connectivity index (χ4n) is 3.86. The molecule has 19 nitrogen and oxygen atoms in total. The zero-order valence-electron chi connectivity index (χ0n) is 23.2. The number of aliphatic carboxylic acids is 2. The number of fused-ring (bicyclic) bond motifs is 1. The summed E-state index contributed by atoms with van der Waals surface area (Å²) >= 11 is 2.05. The fraction of sp³-hybridized carbons (Fsp3) is 0.333. The lowest BCUT2D eigenvalue weighted by molar-refractivity contribution is -0.161. The molecule has 2 aliphatic rings. The Bertz CT molecular complexity index is 1700. The maximum Gasteiger partial charge on any atom is 0.407 e. The highest BCUT2D eigenvalue weighted by Gasteiger charge is 2.54. The van der Waals surface area contributed by atoms with Crippen LogP contribution in [0, 0.1) is 0 Å². The van der Waals surface area contributed by atoms with Gasteiger partial charge >= 0.3 is 18.0 Å². The van der Waals surface area contributed by atoms with Crippen LogP contribution in [-0.2, 0) is 35.3 Å². The lowest BCUT2D eigenvalue weighted by atomic mass is 10.0. The monoisotopic (exact) mass is 667 g/mol. The number of ether oxygens (including phenoxy) is 1. The van der Waals surface area contributed by atoms with Gasteiger partial charge in [-0.3, -0.25) is 19.3 Å². The highest BCUT2D eigenvalue weighted by molar-refractivity contribution is 8.00. The van der Waals surface area contributed by atoms with Crippen molar-refractivity contribution in [1.82, 2.24) is 25.2 Å². The van der Waals surface area contributed by atoms with Crippen molar-refractivity contribution in [3.8, 4) is 5.75 Å². The normalized spacial score (nSPS) is 18.0.